The molecule has 4 atom stereocenters. The van der Waals surface area contributed by atoms with Gasteiger partial charge in [0.2, 0.25) is 27.7 Å². The molecule has 12 heteroatoms. The first-order valence-corrected chi connectivity index (χ1v) is 16.7. The smallest absolute Gasteiger partial charge is 0.248 e. The fraction of sp³-hybridized carbons (Fsp3) is 0.483. The van der Waals surface area contributed by atoms with Crippen LogP contribution in [-0.2, 0) is 24.4 Å². The maximum absolute atomic E-state index is 13.8. The Balaban J connectivity index is 1.08. The Bertz CT molecular complexity index is 1510. The van der Waals surface area contributed by atoms with E-state index in [2.05, 4.69) is 16.9 Å². The Hall–Kier alpha value is -2.73. The predicted octanol–water partition coefficient (Wildman–Crippen LogP) is 3.43. The highest BCUT2D eigenvalue weighted by Gasteiger charge is 2.73. The Morgan fingerprint density at radius 3 is 2.63 bits per heavy atom. The van der Waals surface area contributed by atoms with Crippen molar-refractivity contribution in [2.45, 2.75) is 62.1 Å². The largest absolute Gasteiger partial charge is 0.332 e. The van der Waals surface area contributed by atoms with E-state index in [1.165, 1.54) is 27.9 Å². The molecule has 4 fully saturated rings. The van der Waals surface area contributed by atoms with Crippen molar-refractivity contribution in [3.63, 3.8) is 0 Å². The third kappa shape index (κ3) is 5.45. The molecule has 0 unspecified atom stereocenters. The second kappa shape index (κ2) is 10.5. The molecule has 218 valence electrons. The third-order valence-corrected chi connectivity index (χ3v) is 11.2. The molecule has 0 radical (unpaired) electrons. The maximum atomic E-state index is 13.8. The Morgan fingerprint density at radius 1 is 1.12 bits per heavy atom. The van der Waals surface area contributed by atoms with Crippen molar-refractivity contribution in [1.82, 2.24) is 19.4 Å². The highest BCUT2D eigenvalue weighted by molar-refractivity contribution is 7.92. The summed E-state index contributed by atoms with van der Waals surface area (Å²) in [5.74, 6) is -0.389. The average molecular weight is 617 g/mol. The van der Waals surface area contributed by atoms with Crippen LogP contribution in [0.4, 0.5) is 0 Å². The van der Waals surface area contributed by atoms with Gasteiger partial charge in [-0.15, -0.1) is 11.3 Å². The minimum atomic E-state index is -3.89. The van der Waals surface area contributed by atoms with Gasteiger partial charge >= 0.3 is 0 Å². The van der Waals surface area contributed by atoms with Crippen LogP contribution in [0, 0.1) is 0 Å². The van der Waals surface area contributed by atoms with Crippen LogP contribution in [0.1, 0.15) is 55.4 Å². The van der Waals surface area contributed by atoms with Gasteiger partial charge in [0.15, 0.2) is 0 Å². The van der Waals surface area contributed by atoms with Crippen LogP contribution in [-0.4, -0.2) is 84.1 Å². The molecule has 6 rings (SSSR count). The zero-order valence-electron chi connectivity index (χ0n) is 22.8. The molecule has 1 N–H and O–H groups in total. The number of carbonyl (C=O) groups excluding carboxylic acids is 3. The first-order chi connectivity index (χ1) is 19.5. The highest BCUT2D eigenvalue weighted by atomic mass is 35.5. The number of amides is 3. The van der Waals surface area contributed by atoms with Gasteiger partial charge < -0.3 is 14.7 Å². The van der Waals surface area contributed by atoms with E-state index in [1.54, 1.807) is 17.0 Å². The van der Waals surface area contributed by atoms with E-state index >= 15 is 0 Å². The van der Waals surface area contributed by atoms with Gasteiger partial charge in [-0.05, 0) is 62.8 Å². The molecule has 4 aliphatic rings. The predicted molar refractivity (Wildman–Crippen MR) is 158 cm³/mol. The molecule has 9 nitrogen and oxygen atoms in total. The van der Waals surface area contributed by atoms with Crippen molar-refractivity contribution >= 4 is 56.8 Å². The van der Waals surface area contributed by atoms with E-state index in [-0.39, 0.29) is 23.9 Å². The fourth-order valence-electron chi connectivity index (χ4n) is 6.54. The third-order valence-electron chi connectivity index (χ3n) is 8.93. The number of thiophene rings is 1. The second-order valence-electron chi connectivity index (χ2n) is 11.6. The van der Waals surface area contributed by atoms with Gasteiger partial charge in [-0.2, -0.15) is 4.72 Å². The van der Waals surface area contributed by atoms with E-state index in [0.29, 0.717) is 54.0 Å². The SMILES string of the molecule is C[C@]1(C(=O)N2C[C@]23C[C@@H]3c2ccccc2)CCCN1C(=O)CN1CCC[C@H](NS(=O)(=O)/C=C/c2ccc(Cl)s2)C1=O. The Kier molecular flexibility index (Phi) is 7.28. The molecule has 1 aromatic heterocycles. The van der Waals surface area contributed by atoms with E-state index in [9.17, 15) is 22.8 Å². The quantitative estimate of drug-likeness (QED) is 0.458. The van der Waals surface area contributed by atoms with Crippen molar-refractivity contribution in [2.75, 3.05) is 26.2 Å². The molecule has 0 bridgehead atoms. The number of sulfonamides is 1. The average Bonchev–Trinajstić information content (AvgIpc) is 3.74. The summed E-state index contributed by atoms with van der Waals surface area (Å²) in [5, 5.41) is 1.02. The highest BCUT2D eigenvalue weighted by Crippen LogP contribution is 2.65. The Morgan fingerprint density at radius 2 is 1.90 bits per heavy atom. The van der Waals surface area contributed by atoms with Crippen molar-refractivity contribution in [3.05, 3.63) is 62.6 Å². The van der Waals surface area contributed by atoms with Crippen LogP contribution in [0.3, 0.4) is 0 Å². The molecule has 4 heterocycles. The summed E-state index contributed by atoms with van der Waals surface area (Å²) in [6.45, 7) is 3.19. The zero-order valence-corrected chi connectivity index (χ0v) is 25.2. The van der Waals surface area contributed by atoms with Crippen LogP contribution in [0.25, 0.3) is 6.08 Å². The number of carbonyl (C=O) groups is 3. The summed E-state index contributed by atoms with van der Waals surface area (Å²) in [4.78, 5) is 46.2. The van der Waals surface area contributed by atoms with Crippen LogP contribution in [0.15, 0.2) is 47.9 Å². The number of hydrogen-bond donors (Lipinski definition) is 1. The number of piperidine rings is 1. The molecule has 3 aliphatic heterocycles. The lowest BCUT2D eigenvalue weighted by atomic mass is 9.97. The molecule has 1 aromatic carbocycles. The number of likely N-dealkylation sites (tertiary alicyclic amines) is 2. The van der Waals surface area contributed by atoms with Gasteiger partial charge in [0, 0.05) is 35.8 Å². The summed E-state index contributed by atoms with van der Waals surface area (Å²) in [6, 6.07) is 12.7. The lowest BCUT2D eigenvalue weighted by Gasteiger charge is -2.37. The summed E-state index contributed by atoms with van der Waals surface area (Å²) >= 11 is 7.15. The number of rotatable bonds is 8. The first-order valence-electron chi connectivity index (χ1n) is 13.9. The molecular weight excluding hydrogens is 584 g/mol. The van der Waals surface area contributed by atoms with Crippen LogP contribution in [0.2, 0.25) is 4.34 Å². The second-order valence-corrected chi connectivity index (χ2v) is 15.0. The van der Waals surface area contributed by atoms with Gasteiger partial charge in [-0.3, -0.25) is 14.4 Å². The molecule has 1 saturated carbocycles. The molecule has 1 aliphatic carbocycles. The van der Waals surface area contributed by atoms with Crippen LogP contribution in [0.5, 0.6) is 0 Å². The molecule has 2 aromatic rings. The number of halogens is 1. The number of benzene rings is 1. The van der Waals surface area contributed by atoms with Gasteiger partial charge in [-0.1, -0.05) is 41.9 Å². The summed E-state index contributed by atoms with van der Waals surface area (Å²) < 4.78 is 28.3. The molecule has 3 saturated heterocycles. The van der Waals surface area contributed by atoms with Gasteiger partial charge in [-0.25, -0.2) is 8.42 Å². The monoisotopic (exact) mass is 616 g/mol. The molecule has 3 amide bonds. The molecule has 1 spiro atoms. The topological polar surface area (TPSA) is 107 Å². The van der Waals surface area contributed by atoms with Crippen molar-refractivity contribution in [2.24, 2.45) is 0 Å². The van der Waals surface area contributed by atoms with E-state index in [4.69, 9.17) is 11.6 Å². The number of hydrogen-bond acceptors (Lipinski definition) is 6. The van der Waals surface area contributed by atoms with Crippen molar-refractivity contribution in [1.29, 1.82) is 0 Å². The van der Waals surface area contributed by atoms with Gasteiger partial charge in [0.05, 0.1) is 16.4 Å². The van der Waals surface area contributed by atoms with E-state index < -0.39 is 27.5 Å². The summed E-state index contributed by atoms with van der Waals surface area (Å²) in [7, 11) is -3.89. The van der Waals surface area contributed by atoms with Gasteiger partial charge in [0.25, 0.3) is 0 Å². The maximum Gasteiger partial charge on any atom is 0.248 e. The molecular formula is C29H33ClN4O5S2. The summed E-state index contributed by atoms with van der Waals surface area (Å²) in [5.41, 5.74) is 0.183. The van der Waals surface area contributed by atoms with Crippen molar-refractivity contribution < 1.29 is 22.8 Å². The Labute approximate surface area is 249 Å². The lowest BCUT2D eigenvalue weighted by Crippen LogP contribution is -2.58. The zero-order chi connectivity index (χ0) is 29.0. The first kappa shape index (κ1) is 28.4. The number of nitrogens with one attached hydrogen (secondary N) is 1. The normalized spacial score (nSPS) is 29.5. The fourth-order valence-corrected chi connectivity index (χ4v) is 8.61. The minimum Gasteiger partial charge on any atom is -0.332 e. The van der Waals surface area contributed by atoms with Crippen LogP contribution < -0.4 is 4.72 Å². The van der Waals surface area contributed by atoms with E-state index in [0.717, 1.165) is 18.2 Å². The van der Waals surface area contributed by atoms with Crippen LogP contribution >= 0.6 is 22.9 Å². The van der Waals surface area contributed by atoms with Crippen molar-refractivity contribution in [3.8, 4) is 0 Å². The standard InChI is InChI=1S/C29H33ClN4O5S2/c1-28(27(37)34-19-29(34)17-22(29)20-7-3-2-4-8-20)13-6-15-33(28)25(35)18-32-14-5-9-23(26(32)36)31-41(38,39)16-12-21-10-11-24(30)40-21/h2-4,7-8,10-12,16,22-23,31H,5-6,9,13-15,17-19H2,1H3/b16-12+/t22-,23+,28-,29+,34?/m1/s1. The number of nitrogens with zero attached hydrogens (tertiary/aromatic N) is 3. The minimum absolute atomic E-state index is 0.0174. The summed E-state index contributed by atoms with van der Waals surface area (Å²) in [6.07, 6.45) is 4.59. The van der Waals surface area contributed by atoms with E-state index in [1.807, 2.05) is 30.0 Å². The van der Waals surface area contributed by atoms with Gasteiger partial charge in [0.1, 0.15) is 11.6 Å². The lowest BCUT2D eigenvalue weighted by molar-refractivity contribution is -0.150. The molecule has 41 heavy (non-hydrogen) atoms.